The molecule has 1 aromatic rings. The number of nitrogens with one attached hydrogen (secondary N) is 1. The van der Waals surface area contributed by atoms with Crippen molar-refractivity contribution in [3.05, 3.63) is 29.8 Å². The number of aliphatic hydroxyl groups excluding tert-OH is 1. The number of benzene rings is 1. The molecule has 0 bridgehead atoms. The molecule has 136 valence electrons. The third-order valence-corrected chi connectivity index (χ3v) is 5.91. The van der Waals surface area contributed by atoms with Gasteiger partial charge in [-0.15, -0.1) is 0 Å². The summed E-state index contributed by atoms with van der Waals surface area (Å²) < 4.78 is 25.0. The molecule has 0 radical (unpaired) electrons. The second-order valence-electron chi connectivity index (χ2n) is 6.07. The largest absolute Gasteiger partial charge is 0.493 e. The second-order valence-corrected chi connectivity index (χ2v) is 8.49. The number of rotatable bonds is 7. The summed E-state index contributed by atoms with van der Waals surface area (Å²) in [5.41, 5.74) is 0.678. The van der Waals surface area contributed by atoms with Crippen LogP contribution < -0.4 is 10.1 Å². The van der Waals surface area contributed by atoms with Crippen LogP contribution in [0.4, 0.5) is 4.79 Å². The van der Waals surface area contributed by atoms with Gasteiger partial charge in [-0.2, -0.15) is 10.6 Å². The molecule has 0 spiro atoms. The normalized spacial score (nSPS) is 20.1. The maximum atomic E-state index is 10.4. The SMILES string of the molecule is O=C(O)NCCC(O)c1cccc(OCC2CCS(O)(O)CC2)c1. The van der Waals surface area contributed by atoms with Gasteiger partial charge in [0.2, 0.25) is 0 Å². The first-order valence-corrected chi connectivity index (χ1v) is 9.85. The molecule has 1 aliphatic rings. The smallest absolute Gasteiger partial charge is 0.404 e. The third-order valence-electron chi connectivity index (χ3n) is 4.13. The zero-order valence-corrected chi connectivity index (χ0v) is 14.2. The summed E-state index contributed by atoms with van der Waals surface area (Å²) >= 11 is 0. The summed E-state index contributed by atoms with van der Waals surface area (Å²) in [6.07, 6.45) is -0.0979. The van der Waals surface area contributed by atoms with Crippen molar-refractivity contribution >= 4 is 16.7 Å². The second kappa shape index (κ2) is 8.57. The standard InChI is InChI=1S/C16H25NO6S/c18-15(4-7-17-16(19)20)13-2-1-3-14(10-13)23-11-12-5-8-24(21,22)9-6-12/h1-3,10,12,15,17-18,21-22H,4-9,11H2,(H,19,20). The summed E-state index contributed by atoms with van der Waals surface area (Å²) in [7, 11) is -2.37. The van der Waals surface area contributed by atoms with E-state index in [1.54, 1.807) is 18.2 Å². The lowest BCUT2D eigenvalue weighted by molar-refractivity contribution is 0.161. The molecule has 1 amide bonds. The van der Waals surface area contributed by atoms with Gasteiger partial charge >= 0.3 is 6.09 Å². The van der Waals surface area contributed by atoms with Gasteiger partial charge in [0.1, 0.15) is 5.75 Å². The highest BCUT2D eigenvalue weighted by molar-refractivity contribution is 8.24. The number of amides is 1. The van der Waals surface area contributed by atoms with E-state index in [4.69, 9.17) is 9.84 Å². The fraction of sp³-hybridized carbons (Fsp3) is 0.562. The van der Waals surface area contributed by atoms with E-state index < -0.39 is 22.8 Å². The number of hydrogen-bond acceptors (Lipinski definition) is 5. The van der Waals surface area contributed by atoms with E-state index in [0.717, 1.165) is 12.8 Å². The highest BCUT2D eigenvalue weighted by Gasteiger charge is 2.24. The number of hydrogen-bond donors (Lipinski definition) is 5. The van der Waals surface area contributed by atoms with Crippen molar-refractivity contribution in [2.45, 2.75) is 25.4 Å². The Kier molecular flexibility index (Phi) is 6.73. The van der Waals surface area contributed by atoms with E-state index in [2.05, 4.69) is 5.32 Å². The van der Waals surface area contributed by atoms with Crippen molar-refractivity contribution in [2.24, 2.45) is 5.92 Å². The fourth-order valence-electron chi connectivity index (χ4n) is 2.63. The van der Waals surface area contributed by atoms with Crippen molar-refractivity contribution in [3.63, 3.8) is 0 Å². The summed E-state index contributed by atoms with van der Waals surface area (Å²) in [6.45, 7) is 0.686. The van der Waals surface area contributed by atoms with Crippen molar-refractivity contribution < 1.29 is 28.8 Å². The number of aliphatic hydroxyl groups is 1. The van der Waals surface area contributed by atoms with Crippen molar-refractivity contribution in [3.8, 4) is 5.75 Å². The maximum Gasteiger partial charge on any atom is 0.404 e. The number of carboxylic acid groups (broad SMARTS) is 1. The Bertz CT molecular complexity index is 543. The molecule has 0 aromatic heterocycles. The summed E-state index contributed by atoms with van der Waals surface area (Å²) in [6, 6.07) is 7.12. The Labute approximate surface area is 143 Å². The van der Waals surface area contributed by atoms with E-state index in [1.165, 1.54) is 0 Å². The molecule has 1 aromatic carbocycles. The highest BCUT2D eigenvalue weighted by atomic mass is 32.3. The zero-order valence-electron chi connectivity index (χ0n) is 13.4. The molecule has 0 saturated carbocycles. The van der Waals surface area contributed by atoms with Gasteiger partial charge in [-0.05, 0) is 42.9 Å². The van der Waals surface area contributed by atoms with Gasteiger partial charge in [0.15, 0.2) is 0 Å². The van der Waals surface area contributed by atoms with Gasteiger partial charge in [-0.25, -0.2) is 4.79 Å². The summed E-state index contributed by atoms with van der Waals surface area (Å²) in [5.74, 6) is 1.83. The first-order chi connectivity index (χ1) is 11.4. The molecule has 5 N–H and O–H groups in total. The van der Waals surface area contributed by atoms with E-state index in [-0.39, 0.29) is 13.0 Å². The van der Waals surface area contributed by atoms with Gasteiger partial charge in [-0.1, -0.05) is 12.1 Å². The summed E-state index contributed by atoms with van der Waals surface area (Å²) in [4.78, 5) is 10.4. The molecule has 1 atom stereocenters. The topological polar surface area (TPSA) is 119 Å². The lowest BCUT2D eigenvalue weighted by Gasteiger charge is -2.39. The molecule has 1 aliphatic heterocycles. The van der Waals surface area contributed by atoms with E-state index in [9.17, 15) is 19.0 Å². The van der Waals surface area contributed by atoms with Gasteiger partial charge < -0.3 is 20.3 Å². The molecular weight excluding hydrogens is 334 g/mol. The Morgan fingerprint density at radius 1 is 1.33 bits per heavy atom. The molecule has 2 rings (SSSR count). The van der Waals surface area contributed by atoms with E-state index >= 15 is 0 Å². The Hall–Kier alpha value is -1.48. The first kappa shape index (κ1) is 18.9. The van der Waals surface area contributed by atoms with Crippen molar-refractivity contribution in [1.82, 2.24) is 5.32 Å². The van der Waals surface area contributed by atoms with Crippen LogP contribution in [-0.4, -0.2) is 50.1 Å². The Morgan fingerprint density at radius 3 is 2.71 bits per heavy atom. The van der Waals surface area contributed by atoms with Crippen LogP contribution in [0.1, 0.15) is 30.9 Å². The predicted octanol–water partition coefficient (Wildman–Crippen LogP) is 2.92. The molecule has 1 saturated heterocycles. The van der Waals surface area contributed by atoms with Crippen LogP contribution in [0.2, 0.25) is 0 Å². The van der Waals surface area contributed by atoms with Crippen molar-refractivity contribution in [2.75, 3.05) is 24.7 Å². The van der Waals surface area contributed by atoms with Crippen LogP contribution in [0.3, 0.4) is 0 Å². The summed E-state index contributed by atoms with van der Waals surface area (Å²) in [5, 5.41) is 20.8. The predicted molar refractivity (Wildman–Crippen MR) is 92.8 cm³/mol. The minimum absolute atomic E-state index is 0.177. The van der Waals surface area contributed by atoms with Crippen molar-refractivity contribution in [1.29, 1.82) is 0 Å². The quantitative estimate of drug-likeness (QED) is 0.511. The molecule has 1 unspecified atom stereocenters. The minimum Gasteiger partial charge on any atom is -0.493 e. The maximum absolute atomic E-state index is 10.4. The lowest BCUT2D eigenvalue weighted by Crippen LogP contribution is -2.24. The van der Waals surface area contributed by atoms with E-state index in [0.29, 0.717) is 35.3 Å². The lowest BCUT2D eigenvalue weighted by atomic mass is 10.0. The number of ether oxygens (including phenoxy) is 1. The minimum atomic E-state index is -2.37. The molecule has 24 heavy (non-hydrogen) atoms. The van der Waals surface area contributed by atoms with Gasteiger partial charge in [0.25, 0.3) is 0 Å². The highest BCUT2D eigenvalue weighted by Crippen LogP contribution is 2.45. The average molecular weight is 359 g/mol. The van der Waals surface area contributed by atoms with Crippen LogP contribution in [0.5, 0.6) is 5.75 Å². The van der Waals surface area contributed by atoms with E-state index in [1.807, 2.05) is 6.07 Å². The zero-order chi connectivity index (χ0) is 17.6. The molecular formula is C16H25NO6S. The Morgan fingerprint density at radius 2 is 2.04 bits per heavy atom. The Balaban J connectivity index is 1.81. The molecule has 0 aliphatic carbocycles. The fourth-order valence-corrected chi connectivity index (χ4v) is 4.26. The first-order valence-electron chi connectivity index (χ1n) is 7.97. The average Bonchev–Trinajstić information content (AvgIpc) is 2.53. The van der Waals surface area contributed by atoms with Crippen LogP contribution in [0.25, 0.3) is 0 Å². The third kappa shape index (κ3) is 6.20. The molecule has 1 heterocycles. The molecule has 8 heteroatoms. The van der Waals surface area contributed by atoms with Gasteiger partial charge in [-0.3, -0.25) is 9.11 Å². The van der Waals surface area contributed by atoms with Crippen LogP contribution in [-0.2, 0) is 0 Å². The monoisotopic (exact) mass is 359 g/mol. The number of carbonyl (C=O) groups is 1. The van der Waals surface area contributed by atoms with Crippen LogP contribution >= 0.6 is 10.6 Å². The van der Waals surface area contributed by atoms with Crippen LogP contribution in [0.15, 0.2) is 24.3 Å². The van der Waals surface area contributed by atoms with Gasteiger partial charge in [0, 0.05) is 18.1 Å². The van der Waals surface area contributed by atoms with Gasteiger partial charge in [0.05, 0.1) is 12.7 Å². The molecule has 7 nitrogen and oxygen atoms in total. The molecule has 1 fully saturated rings. The van der Waals surface area contributed by atoms with Crippen LogP contribution in [0, 0.1) is 5.92 Å².